The van der Waals surface area contributed by atoms with Gasteiger partial charge in [-0.25, -0.2) is 13.1 Å². The summed E-state index contributed by atoms with van der Waals surface area (Å²) in [5.74, 6) is -0.0746. The molecule has 1 aromatic carbocycles. The van der Waals surface area contributed by atoms with E-state index in [-0.39, 0.29) is 36.2 Å². The Morgan fingerprint density at radius 1 is 1.11 bits per heavy atom. The van der Waals surface area contributed by atoms with E-state index in [1.807, 2.05) is 13.8 Å². The molecule has 1 fully saturated rings. The first-order valence-corrected chi connectivity index (χ1v) is 10.8. The smallest absolute Gasteiger partial charge is 0.275 e. The maximum atomic E-state index is 13.1. The molecule has 27 heavy (non-hydrogen) atoms. The van der Waals surface area contributed by atoms with E-state index in [9.17, 15) is 18.0 Å². The zero-order chi connectivity index (χ0) is 19.8. The third-order valence-electron chi connectivity index (χ3n) is 4.60. The quantitative estimate of drug-likeness (QED) is 0.766. The Hall–Kier alpha value is -2.26. The van der Waals surface area contributed by atoms with Crippen molar-refractivity contribution in [3.05, 3.63) is 40.3 Å². The Balaban J connectivity index is 1.97. The summed E-state index contributed by atoms with van der Waals surface area (Å²) in [5, 5.41) is 5.35. The van der Waals surface area contributed by atoms with Gasteiger partial charge in [0.25, 0.3) is 11.5 Å². The molecule has 0 bridgehead atoms. The third-order valence-corrected chi connectivity index (χ3v) is 5.91. The molecule has 2 aromatic rings. The maximum absolute atomic E-state index is 13.1. The first-order valence-electron chi connectivity index (χ1n) is 8.92. The van der Waals surface area contributed by atoms with Crippen LogP contribution in [0.4, 0.5) is 0 Å². The number of carbonyl (C=O) groups excluding carboxylic acids is 1. The van der Waals surface area contributed by atoms with Crippen molar-refractivity contribution >= 4 is 26.7 Å². The van der Waals surface area contributed by atoms with Crippen LogP contribution in [-0.2, 0) is 16.6 Å². The van der Waals surface area contributed by atoms with E-state index >= 15 is 0 Å². The molecule has 0 atom stereocenters. The molecule has 0 aliphatic carbocycles. The summed E-state index contributed by atoms with van der Waals surface area (Å²) in [6, 6.07) is 6.97. The van der Waals surface area contributed by atoms with E-state index in [4.69, 9.17) is 0 Å². The molecule has 0 saturated carbocycles. The topological polar surface area (TPSA) is 92.6 Å². The summed E-state index contributed by atoms with van der Waals surface area (Å²) in [6.07, 6.45) is 1.17. The minimum Gasteiger partial charge on any atom is -0.335 e. The van der Waals surface area contributed by atoms with E-state index in [0.717, 1.165) is 0 Å². The molecular weight excluding hydrogens is 368 g/mol. The zero-order valence-electron chi connectivity index (χ0n) is 15.8. The molecule has 3 rings (SSSR count). The summed E-state index contributed by atoms with van der Waals surface area (Å²) < 4.78 is 26.0. The van der Waals surface area contributed by atoms with Crippen LogP contribution in [0.25, 0.3) is 10.8 Å². The Labute approximate surface area is 158 Å². The first kappa shape index (κ1) is 19.5. The molecule has 1 aliphatic heterocycles. The monoisotopic (exact) mass is 392 g/mol. The standard InChI is InChI=1S/C18H24N4O4S/c1-13(2)12-22-17(23)15-7-5-4-6-14(15)16(19-22)18(24)20-8-10-21(11-9-20)27(3,25)26/h4-7,13H,8-12H2,1-3H3. The molecule has 1 saturated heterocycles. The number of carbonyl (C=O) groups is 1. The van der Waals surface area contributed by atoms with E-state index < -0.39 is 10.0 Å². The highest BCUT2D eigenvalue weighted by molar-refractivity contribution is 7.88. The van der Waals surface area contributed by atoms with E-state index in [1.165, 1.54) is 15.2 Å². The zero-order valence-corrected chi connectivity index (χ0v) is 16.6. The fraction of sp³-hybridized carbons (Fsp3) is 0.500. The lowest BCUT2D eigenvalue weighted by Crippen LogP contribution is -2.50. The number of amides is 1. The van der Waals surface area contributed by atoms with Crippen LogP contribution in [0.1, 0.15) is 24.3 Å². The average molecular weight is 392 g/mol. The van der Waals surface area contributed by atoms with Gasteiger partial charge in [0.05, 0.1) is 11.6 Å². The minimum absolute atomic E-state index is 0.206. The molecule has 1 aliphatic rings. The van der Waals surface area contributed by atoms with Crippen molar-refractivity contribution in [1.29, 1.82) is 0 Å². The summed E-state index contributed by atoms with van der Waals surface area (Å²) in [7, 11) is -3.27. The number of aromatic nitrogens is 2. The van der Waals surface area contributed by atoms with Gasteiger partial charge in [0, 0.05) is 38.1 Å². The summed E-state index contributed by atoms with van der Waals surface area (Å²) >= 11 is 0. The van der Waals surface area contributed by atoms with Gasteiger partial charge in [0.1, 0.15) is 0 Å². The highest BCUT2D eigenvalue weighted by Crippen LogP contribution is 2.17. The van der Waals surface area contributed by atoms with Crippen LogP contribution in [0.3, 0.4) is 0 Å². The van der Waals surface area contributed by atoms with Gasteiger partial charge < -0.3 is 4.90 Å². The third kappa shape index (κ3) is 4.03. The predicted octanol–water partition coefficient (Wildman–Crippen LogP) is 0.770. The number of sulfonamides is 1. The van der Waals surface area contributed by atoms with Gasteiger partial charge in [-0.1, -0.05) is 32.0 Å². The summed E-state index contributed by atoms with van der Waals surface area (Å²) in [6.45, 7) is 5.49. The highest BCUT2D eigenvalue weighted by atomic mass is 32.2. The molecular formula is C18H24N4O4S. The second-order valence-electron chi connectivity index (χ2n) is 7.23. The number of benzene rings is 1. The lowest BCUT2D eigenvalue weighted by atomic mass is 10.1. The van der Waals surface area contributed by atoms with Crippen molar-refractivity contribution in [2.45, 2.75) is 20.4 Å². The molecule has 0 spiro atoms. The Morgan fingerprint density at radius 3 is 2.26 bits per heavy atom. The normalized spacial score (nSPS) is 16.2. The molecule has 0 unspecified atom stereocenters. The lowest BCUT2D eigenvalue weighted by Gasteiger charge is -2.33. The van der Waals surface area contributed by atoms with Crippen molar-refractivity contribution in [3.63, 3.8) is 0 Å². The number of nitrogens with zero attached hydrogens (tertiary/aromatic N) is 4. The van der Waals surface area contributed by atoms with Crippen molar-refractivity contribution in [2.24, 2.45) is 5.92 Å². The van der Waals surface area contributed by atoms with E-state index in [0.29, 0.717) is 30.4 Å². The van der Waals surface area contributed by atoms with Gasteiger partial charge in [0.15, 0.2) is 5.69 Å². The van der Waals surface area contributed by atoms with Gasteiger partial charge in [-0.3, -0.25) is 9.59 Å². The molecule has 0 radical (unpaired) electrons. The molecule has 2 heterocycles. The van der Waals surface area contributed by atoms with Gasteiger partial charge in [0.2, 0.25) is 10.0 Å². The number of hydrogen-bond acceptors (Lipinski definition) is 5. The molecule has 0 N–H and O–H groups in total. The Bertz CT molecular complexity index is 1020. The van der Waals surface area contributed by atoms with E-state index in [2.05, 4.69) is 5.10 Å². The van der Waals surface area contributed by atoms with Gasteiger partial charge in [-0.2, -0.15) is 9.40 Å². The molecule has 1 amide bonds. The van der Waals surface area contributed by atoms with Crippen LogP contribution >= 0.6 is 0 Å². The maximum Gasteiger partial charge on any atom is 0.275 e. The predicted molar refractivity (Wildman–Crippen MR) is 103 cm³/mol. The second-order valence-corrected chi connectivity index (χ2v) is 9.21. The Morgan fingerprint density at radius 2 is 1.70 bits per heavy atom. The second kappa shape index (κ2) is 7.40. The minimum atomic E-state index is -3.27. The van der Waals surface area contributed by atoms with Crippen LogP contribution in [0.2, 0.25) is 0 Å². The van der Waals surface area contributed by atoms with Gasteiger partial charge in [-0.15, -0.1) is 0 Å². The Kier molecular flexibility index (Phi) is 5.34. The van der Waals surface area contributed by atoms with Crippen LogP contribution in [0.15, 0.2) is 29.1 Å². The SMILES string of the molecule is CC(C)Cn1nc(C(=O)N2CCN(S(C)(=O)=O)CC2)c2ccccc2c1=O. The van der Waals surface area contributed by atoms with Crippen LogP contribution in [-0.4, -0.2) is 65.7 Å². The molecule has 9 heteroatoms. The number of rotatable bonds is 4. The van der Waals surface area contributed by atoms with Crippen molar-refractivity contribution in [2.75, 3.05) is 32.4 Å². The van der Waals surface area contributed by atoms with Gasteiger partial charge in [-0.05, 0) is 12.0 Å². The van der Waals surface area contributed by atoms with Crippen LogP contribution in [0.5, 0.6) is 0 Å². The summed E-state index contributed by atoms with van der Waals surface area (Å²) in [5.41, 5.74) is 0.0244. The number of fused-ring (bicyclic) bond motifs is 1. The van der Waals surface area contributed by atoms with Crippen molar-refractivity contribution in [1.82, 2.24) is 19.0 Å². The van der Waals surface area contributed by atoms with Crippen molar-refractivity contribution in [3.8, 4) is 0 Å². The lowest BCUT2D eigenvalue weighted by molar-refractivity contribution is 0.0691. The largest absolute Gasteiger partial charge is 0.335 e. The average Bonchev–Trinajstić information content (AvgIpc) is 2.62. The van der Waals surface area contributed by atoms with Crippen LogP contribution in [0, 0.1) is 5.92 Å². The molecule has 8 nitrogen and oxygen atoms in total. The molecule has 146 valence electrons. The number of hydrogen-bond donors (Lipinski definition) is 0. The molecule has 1 aromatic heterocycles. The fourth-order valence-electron chi connectivity index (χ4n) is 3.24. The first-order chi connectivity index (χ1) is 12.7. The fourth-order valence-corrected chi connectivity index (χ4v) is 4.06. The summed E-state index contributed by atoms with van der Waals surface area (Å²) in [4.78, 5) is 27.4. The van der Waals surface area contributed by atoms with Crippen molar-refractivity contribution < 1.29 is 13.2 Å². The van der Waals surface area contributed by atoms with E-state index in [1.54, 1.807) is 29.2 Å². The number of piperazine rings is 1. The van der Waals surface area contributed by atoms with Gasteiger partial charge >= 0.3 is 0 Å². The highest BCUT2D eigenvalue weighted by Gasteiger charge is 2.28. The van der Waals surface area contributed by atoms with Crippen LogP contribution < -0.4 is 5.56 Å².